The van der Waals surface area contributed by atoms with Crippen molar-refractivity contribution in [2.45, 2.75) is 25.2 Å². The predicted molar refractivity (Wildman–Crippen MR) is 72.7 cm³/mol. The molecular formula is C16H17NO. The van der Waals surface area contributed by atoms with Crippen molar-refractivity contribution in [3.8, 4) is 11.3 Å². The minimum atomic E-state index is 0.784. The first-order valence-corrected chi connectivity index (χ1v) is 6.83. The van der Waals surface area contributed by atoms with Crippen molar-refractivity contribution < 1.29 is 4.42 Å². The monoisotopic (exact) mass is 239 g/mol. The zero-order chi connectivity index (χ0) is 11.9. The van der Waals surface area contributed by atoms with Crippen LogP contribution in [0, 0.1) is 5.92 Å². The number of fused-ring (bicyclic) bond motifs is 3. The van der Waals surface area contributed by atoms with Crippen LogP contribution in [0.3, 0.4) is 0 Å². The summed E-state index contributed by atoms with van der Waals surface area (Å²) in [4.78, 5) is 0. The third-order valence-corrected chi connectivity index (χ3v) is 4.47. The second-order valence-electron chi connectivity index (χ2n) is 5.46. The number of nitrogens with one attached hydrogen (secondary N) is 1. The van der Waals surface area contributed by atoms with Crippen LogP contribution >= 0.6 is 0 Å². The summed E-state index contributed by atoms with van der Waals surface area (Å²) in [6, 6.07) is 10.7. The highest BCUT2D eigenvalue weighted by molar-refractivity contribution is 5.68. The van der Waals surface area contributed by atoms with Crippen molar-refractivity contribution in [3.63, 3.8) is 0 Å². The molecule has 0 bridgehead atoms. The summed E-state index contributed by atoms with van der Waals surface area (Å²) in [6.07, 6.45) is 5.86. The molecule has 2 heteroatoms. The summed E-state index contributed by atoms with van der Waals surface area (Å²) in [6.45, 7) is 1.14. The molecule has 1 fully saturated rings. The van der Waals surface area contributed by atoms with E-state index in [1.165, 1.54) is 36.1 Å². The third-order valence-electron chi connectivity index (χ3n) is 4.47. The van der Waals surface area contributed by atoms with Gasteiger partial charge in [-0.05, 0) is 48.4 Å². The number of anilines is 1. The second kappa shape index (κ2) is 3.91. The number of hydrogen-bond acceptors (Lipinski definition) is 2. The number of benzene rings is 1. The smallest absolute Gasteiger partial charge is 0.133 e. The SMILES string of the molecule is c1coc(-c2ccc3c(c2)NCC2CCCC32)c1. The minimum Gasteiger partial charge on any atom is -0.464 e. The fourth-order valence-electron chi connectivity index (χ4n) is 3.56. The van der Waals surface area contributed by atoms with Crippen LogP contribution in [-0.2, 0) is 0 Å². The summed E-state index contributed by atoms with van der Waals surface area (Å²) in [7, 11) is 0. The average Bonchev–Trinajstić information content (AvgIpc) is 3.09. The van der Waals surface area contributed by atoms with Crippen molar-refractivity contribution >= 4 is 5.69 Å². The van der Waals surface area contributed by atoms with Gasteiger partial charge in [-0.25, -0.2) is 0 Å². The first kappa shape index (κ1) is 10.2. The lowest BCUT2D eigenvalue weighted by atomic mass is 9.84. The van der Waals surface area contributed by atoms with Crippen molar-refractivity contribution in [2.24, 2.45) is 5.92 Å². The molecule has 2 atom stereocenters. The maximum atomic E-state index is 5.47. The highest BCUT2D eigenvalue weighted by Gasteiger charge is 2.33. The van der Waals surface area contributed by atoms with E-state index in [1.807, 2.05) is 12.1 Å². The molecule has 92 valence electrons. The Labute approximate surface area is 107 Å². The van der Waals surface area contributed by atoms with Crippen LogP contribution in [0.1, 0.15) is 30.7 Å². The molecule has 1 aliphatic carbocycles. The maximum absolute atomic E-state index is 5.47. The molecule has 2 unspecified atom stereocenters. The summed E-state index contributed by atoms with van der Waals surface area (Å²) < 4.78 is 5.47. The van der Waals surface area contributed by atoms with Gasteiger partial charge in [0, 0.05) is 17.8 Å². The van der Waals surface area contributed by atoms with E-state index in [0.29, 0.717) is 0 Å². The van der Waals surface area contributed by atoms with Gasteiger partial charge in [0.05, 0.1) is 6.26 Å². The number of hydrogen-bond donors (Lipinski definition) is 1. The Balaban J connectivity index is 1.76. The molecule has 4 rings (SSSR count). The van der Waals surface area contributed by atoms with Crippen LogP contribution in [0.25, 0.3) is 11.3 Å². The first-order chi connectivity index (χ1) is 8.92. The van der Waals surface area contributed by atoms with Crippen molar-refractivity contribution in [1.29, 1.82) is 0 Å². The van der Waals surface area contributed by atoms with Crippen molar-refractivity contribution in [3.05, 3.63) is 42.2 Å². The van der Waals surface area contributed by atoms with E-state index in [2.05, 4.69) is 23.5 Å². The maximum Gasteiger partial charge on any atom is 0.133 e. The van der Waals surface area contributed by atoms with Crippen molar-refractivity contribution in [1.82, 2.24) is 0 Å². The lowest BCUT2D eigenvalue weighted by Crippen LogP contribution is -2.23. The molecule has 2 aromatic rings. The summed E-state index contributed by atoms with van der Waals surface area (Å²) >= 11 is 0. The van der Waals surface area contributed by atoms with Gasteiger partial charge in [-0.2, -0.15) is 0 Å². The van der Waals surface area contributed by atoms with E-state index in [1.54, 1.807) is 6.26 Å². The molecule has 2 heterocycles. The van der Waals surface area contributed by atoms with Gasteiger partial charge < -0.3 is 9.73 Å². The number of rotatable bonds is 1. The Morgan fingerprint density at radius 3 is 3.06 bits per heavy atom. The van der Waals surface area contributed by atoms with E-state index < -0.39 is 0 Å². The quantitative estimate of drug-likeness (QED) is 0.804. The summed E-state index contributed by atoms with van der Waals surface area (Å²) in [5.74, 6) is 2.59. The van der Waals surface area contributed by atoms with E-state index in [4.69, 9.17) is 4.42 Å². The fraction of sp³-hybridized carbons (Fsp3) is 0.375. The molecule has 0 spiro atoms. The predicted octanol–water partition coefficient (Wildman–Crippen LogP) is 4.26. The van der Waals surface area contributed by atoms with Crippen LogP contribution in [0.15, 0.2) is 41.0 Å². The molecule has 1 aliphatic heterocycles. The van der Waals surface area contributed by atoms with Gasteiger partial charge in [-0.1, -0.05) is 18.6 Å². The van der Waals surface area contributed by atoms with Gasteiger partial charge in [-0.15, -0.1) is 0 Å². The summed E-state index contributed by atoms with van der Waals surface area (Å²) in [5, 5.41) is 3.59. The third kappa shape index (κ3) is 1.48. The van der Waals surface area contributed by atoms with Crippen LogP contribution in [0.5, 0.6) is 0 Å². The number of furan rings is 1. The topological polar surface area (TPSA) is 25.2 Å². The van der Waals surface area contributed by atoms with E-state index in [9.17, 15) is 0 Å². The minimum absolute atomic E-state index is 0.784. The Morgan fingerprint density at radius 2 is 2.17 bits per heavy atom. The van der Waals surface area contributed by atoms with Crippen molar-refractivity contribution in [2.75, 3.05) is 11.9 Å². The summed E-state index contributed by atoms with van der Waals surface area (Å²) in [5.41, 5.74) is 3.99. The zero-order valence-corrected chi connectivity index (χ0v) is 10.4. The normalized spacial score (nSPS) is 25.3. The second-order valence-corrected chi connectivity index (χ2v) is 5.46. The zero-order valence-electron chi connectivity index (χ0n) is 10.4. The lowest BCUT2D eigenvalue weighted by Gasteiger charge is -2.29. The molecule has 1 saturated carbocycles. The highest BCUT2D eigenvalue weighted by Crippen LogP contribution is 2.46. The molecule has 0 saturated heterocycles. The molecule has 0 amide bonds. The van der Waals surface area contributed by atoms with Gasteiger partial charge >= 0.3 is 0 Å². The van der Waals surface area contributed by atoms with E-state index in [-0.39, 0.29) is 0 Å². The van der Waals surface area contributed by atoms with Crippen LogP contribution < -0.4 is 5.32 Å². The molecule has 2 nitrogen and oxygen atoms in total. The van der Waals surface area contributed by atoms with E-state index >= 15 is 0 Å². The Hall–Kier alpha value is -1.70. The average molecular weight is 239 g/mol. The van der Waals surface area contributed by atoms with Gasteiger partial charge in [0.15, 0.2) is 0 Å². The molecule has 0 radical (unpaired) electrons. The van der Waals surface area contributed by atoms with Gasteiger partial charge in [0.2, 0.25) is 0 Å². The Kier molecular flexibility index (Phi) is 2.22. The molecule has 1 N–H and O–H groups in total. The molecule has 18 heavy (non-hydrogen) atoms. The standard InChI is InChI=1S/C16H17NO/c1-3-12-10-17-15-9-11(16-5-2-8-18-16)6-7-14(15)13(12)4-1/h2,5-9,12-13,17H,1,3-4,10H2. The Morgan fingerprint density at radius 1 is 1.17 bits per heavy atom. The molecule has 2 aliphatic rings. The van der Waals surface area contributed by atoms with Gasteiger partial charge in [0.1, 0.15) is 5.76 Å². The Bertz CT molecular complexity index is 558. The molecule has 1 aromatic heterocycles. The fourth-order valence-corrected chi connectivity index (χ4v) is 3.56. The first-order valence-electron chi connectivity index (χ1n) is 6.83. The van der Waals surface area contributed by atoms with E-state index in [0.717, 1.165) is 24.1 Å². The molecular weight excluding hydrogens is 222 g/mol. The highest BCUT2D eigenvalue weighted by atomic mass is 16.3. The van der Waals surface area contributed by atoms with Gasteiger partial charge in [0.25, 0.3) is 0 Å². The van der Waals surface area contributed by atoms with Gasteiger partial charge in [-0.3, -0.25) is 0 Å². The molecule has 1 aromatic carbocycles. The van der Waals surface area contributed by atoms with Crippen LogP contribution in [0.2, 0.25) is 0 Å². The largest absolute Gasteiger partial charge is 0.464 e. The lowest BCUT2D eigenvalue weighted by molar-refractivity contribution is 0.495. The van der Waals surface area contributed by atoms with Crippen LogP contribution in [-0.4, -0.2) is 6.54 Å². The van der Waals surface area contributed by atoms with Crippen LogP contribution in [0.4, 0.5) is 5.69 Å².